The molecule has 40 heavy (non-hydrogen) atoms. The molecule has 2 aromatic carbocycles. The Morgan fingerprint density at radius 1 is 0.625 bits per heavy atom. The fourth-order valence-corrected chi connectivity index (χ4v) is 4.16. The SMILES string of the molecule is C.CC.CC.CC1=CC=C(C(C)C(C)C)C1.C[CH-]C1=CC=C(C)C1.[CH3-].[CH3-].[W].[Y+3].c1ccc2c(c1)-c1ccccc1-2. The van der Waals surface area contributed by atoms with E-state index in [1.807, 2.05) is 27.7 Å². The van der Waals surface area contributed by atoms with Crippen LogP contribution >= 0.6 is 0 Å². The quantitative estimate of drug-likeness (QED) is 0.232. The van der Waals surface area contributed by atoms with Crippen molar-refractivity contribution < 1.29 is 53.8 Å². The van der Waals surface area contributed by atoms with Crippen LogP contribution in [0.3, 0.4) is 0 Å². The first-order chi connectivity index (χ1) is 16.9. The van der Waals surface area contributed by atoms with Crippen molar-refractivity contribution in [2.45, 2.75) is 89.5 Å². The Labute approximate surface area is 291 Å². The summed E-state index contributed by atoms with van der Waals surface area (Å²) in [5.74, 6) is 1.53. The van der Waals surface area contributed by atoms with Gasteiger partial charge in [0.05, 0.1) is 0 Å². The van der Waals surface area contributed by atoms with Crippen LogP contribution in [0.15, 0.2) is 95.1 Å². The second-order valence-electron chi connectivity index (χ2n) is 9.28. The van der Waals surface area contributed by atoms with Crippen LogP contribution < -0.4 is 0 Å². The van der Waals surface area contributed by atoms with E-state index in [9.17, 15) is 0 Å². The van der Waals surface area contributed by atoms with Crippen molar-refractivity contribution in [2.75, 3.05) is 0 Å². The summed E-state index contributed by atoms with van der Waals surface area (Å²) in [7, 11) is 0. The molecule has 0 spiro atoms. The van der Waals surface area contributed by atoms with Gasteiger partial charge in [0, 0.05) is 21.1 Å². The van der Waals surface area contributed by atoms with Gasteiger partial charge in [-0.2, -0.15) is 0 Å². The predicted molar refractivity (Wildman–Crippen MR) is 180 cm³/mol. The molecule has 220 valence electrons. The molecule has 2 heteroatoms. The average Bonchev–Trinajstić information content (AvgIpc) is 3.53. The third kappa shape index (κ3) is 14.8. The molecule has 3 aliphatic carbocycles. The summed E-state index contributed by atoms with van der Waals surface area (Å²) in [5.41, 5.74) is 11.6. The molecular formula is C38H59WY. The molecule has 0 saturated carbocycles. The van der Waals surface area contributed by atoms with Crippen molar-refractivity contribution in [3.05, 3.63) is 116 Å². The van der Waals surface area contributed by atoms with Gasteiger partial charge in [-0.15, -0.1) is 13.0 Å². The number of rotatable bonds is 3. The summed E-state index contributed by atoms with van der Waals surface area (Å²) in [6, 6.07) is 17.1. The summed E-state index contributed by atoms with van der Waals surface area (Å²) in [6.45, 7) is 21.4. The van der Waals surface area contributed by atoms with Crippen molar-refractivity contribution in [1.29, 1.82) is 0 Å². The summed E-state index contributed by atoms with van der Waals surface area (Å²) in [5, 5.41) is 0. The second kappa shape index (κ2) is 26.9. The van der Waals surface area contributed by atoms with Gasteiger partial charge in [0.2, 0.25) is 0 Å². The smallest absolute Gasteiger partial charge is 0.358 e. The molecule has 0 radical (unpaired) electrons. The minimum absolute atomic E-state index is 0. The summed E-state index contributed by atoms with van der Waals surface area (Å²) >= 11 is 0. The van der Waals surface area contributed by atoms with Crippen molar-refractivity contribution in [2.24, 2.45) is 11.8 Å². The molecule has 2 aromatic rings. The van der Waals surface area contributed by atoms with E-state index in [4.69, 9.17) is 0 Å². The number of allylic oxidation sites excluding steroid dienone is 8. The van der Waals surface area contributed by atoms with Gasteiger partial charge in [-0.1, -0.05) is 133 Å². The molecule has 0 bridgehead atoms. The third-order valence-electron chi connectivity index (χ3n) is 6.52. The van der Waals surface area contributed by atoms with Gasteiger partial charge in [-0.25, -0.2) is 18.1 Å². The van der Waals surface area contributed by atoms with E-state index in [0.29, 0.717) is 0 Å². The van der Waals surface area contributed by atoms with Crippen LogP contribution in [-0.2, 0) is 53.8 Å². The maximum atomic E-state index is 2.32. The molecule has 0 aliphatic heterocycles. The fraction of sp³-hybridized carbons (Fsp3) is 0.395. The van der Waals surface area contributed by atoms with E-state index in [1.165, 1.54) is 45.4 Å². The zero-order valence-electron chi connectivity index (χ0n) is 27.1. The fourth-order valence-electron chi connectivity index (χ4n) is 4.16. The maximum absolute atomic E-state index is 2.32. The molecular weight excluding hydrogens is 729 g/mol. The van der Waals surface area contributed by atoms with Gasteiger partial charge in [0.15, 0.2) is 0 Å². The monoisotopic (exact) mass is 788 g/mol. The molecule has 0 N–H and O–H groups in total. The van der Waals surface area contributed by atoms with Gasteiger partial charge >= 0.3 is 32.7 Å². The second-order valence-corrected chi connectivity index (χ2v) is 9.28. The molecule has 0 saturated heterocycles. The minimum atomic E-state index is 0. The van der Waals surface area contributed by atoms with Crippen LogP contribution in [0.25, 0.3) is 22.3 Å². The molecule has 0 amide bonds. The normalized spacial score (nSPS) is 12.8. The van der Waals surface area contributed by atoms with Gasteiger partial charge in [-0.3, -0.25) is 0 Å². The number of benzene rings is 2. The molecule has 0 fully saturated rings. The first-order valence-electron chi connectivity index (χ1n) is 13.6. The van der Waals surface area contributed by atoms with E-state index in [1.54, 1.807) is 5.57 Å². The minimum Gasteiger partial charge on any atom is -0.358 e. The number of hydrogen-bond acceptors (Lipinski definition) is 0. The van der Waals surface area contributed by atoms with Crippen LogP contribution in [0.5, 0.6) is 0 Å². The molecule has 0 aromatic heterocycles. The molecule has 0 nitrogen and oxygen atoms in total. The van der Waals surface area contributed by atoms with Crippen molar-refractivity contribution in [1.82, 2.24) is 0 Å². The number of hydrogen-bond donors (Lipinski definition) is 0. The van der Waals surface area contributed by atoms with Crippen molar-refractivity contribution >= 4 is 0 Å². The Morgan fingerprint density at radius 3 is 1.20 bits per heavy atom. The van der Waals surface area contributed by atoms with E-state index < -0.39 is 0 Å². The van der Waals surface area contributed by atoms with Crippen molar-refractivity contribution in [3.8, 4) is 22.3 Å². The van der Waals surface area contributed by atoms with E-state index in [-0.39, 0.29) is 76.1 Å². The Morgan fingerprint density at radius 2 is 0.975 bits per heavy atom. The largest absolute Gasteiger partial charge is 3.00 e. The van der Waals surface area contributed by atoms with E-state index in [0.717, 1.165) is 18.3 Å². The Bertz CT molecular complexity index is 937. The van der Waals surface area contributed by atoms with Gasteiger partial charge in [0.25, 0.3) is 0 Å². The summed E-state index contributed by atoms with van der Waals surface area (Å²) in [6.07, 6.45) is 13.4. The topological polar surface area (TPSA) is 0 Å². The molecule has 0 heterocycles. The molecule has 1 atom stereocenters. The van der Waals surface area contributed by atoms with Crippen LogP contribution in [0.2, 0.25) is 0 Å². The van der Waals surface area contributed by atoms with Gasteiger partial charge in [0.1, 0.15) is 0 Å². The summed E-state index contributed by atoms with van der Waals surface area (Å²) < 4.78 is 0. The zero-order chi connectivity index (χ0) is 26.4. The van der Waals surface area contributed by atoms with Crippen molar-refractivity contribution in [3.63, 3.8) is 0 Å². The van der Waals surface area contributed by atoms with E-state index in [2.05, 4.69) is 121 Å². The van der Waals surface area contributed by atoms with Gasteiger partial charge < -0.3 is 14.9 Å². The Kier molecular flexibility index (Phi) is 32.8. The maximum Gasteiger partial charge on any atom is 3.00 e. The Hall–Kier alpha value is -0.938. The van der Waals surface area contributed by atoms with E-state index >= 15 is 0 Å². The van der Waals surface area contributed by atoms with Crippen LogP contribution in [0, 0.1) is 33.1 Å². The van der Waals surface area contributed by atoms with Crippen LogP contribution in [0.1, 0.15) is 89.5 Å². The number of fused-ring (bicyclic) bond motifs is 4. The first-order valence-corrected chi connectivity index (χ1v) is 13.6. The standard InChI is InChI=1S/C12H8.C11H18.C8H11.2C2H6.CH4.2CH3.W.Y/c1-2-6-10-9(5-1)11-7-3-4-8-12(10)11;1-8(2)10(4)11-6-5-9(3)7-11;1-3-8-5-4-7(2)6-8;2*1-2;;;;;/h1-8H;5-6,8,10H,7H2,1-4H3;3-5H,6H2,1-2H3;2*1-2H3;1H4;2*1H3;;/q;;-1;;;;2*-1;;+3. The summed E-state index contributed by atoms with van der Waals surface area (Å²) in [4.78, 5) is 0. The molecule has 5 rings (SSSR count). The van der Waals surface area contributed by atoms with Gasteiger partial charge in [-0.05, 0) is 60.8 Å². The average molecular weight is 789 g/mol. The van der Waals surface area contributed by atoms with Crippen LogP contribution in [0.4, 0.5) is 0 Å². The molecule has 1 unspecified atom stereocenters. The molecule has 3 aliphatic rings. The first kappa shape index (κ1) is 48.8. The van der Waals surface area contributed by atoms with Crippen LogP contribution in [-0.4, -0.2) is 0 Å². The predicted octanol–water partition coefficient (Wildman–Crippen LogP) is 13.0. The zero-order valence-corrected chi connectivity index (χ0v) is 32.8. The third-order valence-corrected chi connectivity index (χ3v) is 6.52. The Balaban J connectivity index is -0.000000138.